The number of sulfonamides is 1. The zero-order valence-corrected chi connectivity index (χ0v) is 12.2. The van der Waals surface area contributed by atoms with Gasteiger partial charge in [-0.05, 0) is 37.5 Å². The van der Waals surface area contributed by atoms with Crippen molar-refractivity contribution in [3.05, 3.63) is 29.3 Å². The molecule has 2 N–H and O–H groups in total. The van der Waals surface area contributed by atoms with Gasteiger partial charge in [-0.25, -0.2) is 13.1 Å². The quantitative estimate of drug-likeness (QED) is 0.879. The summed E-state index contributed by atoms with van der Waals surface area (Å²) in [6, 6.07) is 6.48. The summed E-state index contributed by atoms with van der Waals surface area (Å²) in [4.78, 5) is 0.0955. The molecule has 0 spiro atoms. The van der Waals surface area contributed by atoms with Crippen LogP contribution in [0.25, 0.3) is 0 Å². The average molecular weight is 294 g/mol. The van der Waals surface area contributed by atoms with Gasteiger partial charge >= 0.3 is 0 Å². The third kappa shape index (κ3) is 3.18. The number of aryl methyl sites for hydroxylation is 1. The topological polar surface area (TPSA) is 90.2 Å². The van der Waals surface area contributed by atoms with Crippen molar-refractivity contribution < 1.29 is 13.5 Å². The van der Waals surface area contributed by atoms with E-state index in [1.807, 2.05) is 6.07 Å². The predicted octanol–water partition coefficient (Wildman–Crippen LogP) is 1.45. The average Bonchev–Trinajstić information content (AvgIpc) is 2.85. The molecule has 1 aliphatic carbocycles. The number of nitrogens with one attached hydrogen (secondary N) is 1. The molecule has 108 valence electrons. The minimum Gasteiger partial charge on any atom is -0.389 e. The molecule has 0 unspecified atom stereocenters. The fourth-order valence-corrected chi connectivity index (χ4v) is 3.86. The first-order valence-electron chi connectivity index (χ1n) is 6.59. The first-order chi connectivity index (χ1) is 9.36. The van der Waals surface area contributed by atoms with Gasteiger partial charge in [-0.15, -0.1) is 0 Å². The van der Waals surface area contributed by atoms with Crippen LogP contribution in [0.1, 0.15) is 36.8 Å². The van der Waals surface area contributed by atoms with E-state index in [1.165, 1.54) is 6.07 Å². The third-order valence-corrected chi connectivity index (χ3v) is 5.28. The third-order valence-electron chi connectivity index (χ3n) is 3.73. The molecule has 6 heteroatoms. The summed E-state index contributed by atoms with van der Waals surface area (Å²) in [5, 5.41) is 19.0. The molecule has 0 bridgehead atoms. The minimum atomic E-state index is -3.71. The lowest BCUT2D eigenvalue weighted by Gasteiger charge is -2.22. The van der Waals surface area contributed by atoms with Crippen LogP contribution in [0.15, 0.2) is 23.1 Å². The molecule has 1 aliphatic rings. The summed E-state index contributed by atoms with van der Waals surface area (Å²) in [6.45, 7) is 1.70. The second kappa shape index (κ2) is 5.52. The molecule has 0 aromatic heterocycles. The summed E-state index contributed by atoms with van der Waals surface area (Å²) >= 11 is 0. The smallest absolute Gasteiger partial charge is 0.240 e. The van der Waals surface area contributed by atoms with E-state index < -0.39 is 15.6 Å². The Morgan fingerprint density at radius 1 is 1.40 bits per heavy atom. The molecule has 0 radical (unpaired) electrons. The summed E-state index contributed by atoms with van der Waals surface area (Å²) < 4.78 is 27.0. The van der Waals surface area contributed by atoms with Crippen LogP contribution >= 0.6 is 0 Å². The van der Waals surface area contributed by atoms with Crippen molar-refractivity contribution in [3.63, 3.8) is 0 Å². The second-order valence-electron chi connectivity index (χ2n) is 5.35. The van der Waals surface area contributed by atoms with Crippen molar-refractivity contribution in [1.82, 2.24) is 4.72 Å². The highest BCUT2D eigenvalue weighted by Crippen LogP contribution is 2.29. The van der Waals surface area contributed by atoms with Gasteiger partial charge in [0.15, 0.2) is 0 Å². The van der Waals surface area contributed by atoms with Gasteiger partial charge in [0, 0.05) is 6.54 Å². The van der Waals surface area contributed by atoms with Gasteiger partial charge in [-0.1, -0.05) is 18.9 Å². The Kier molecular flexibility index (Phi) is 4.14. The number of hydrogen-bond donors (Lipinski definition) is 2. The van der Waals surface area contributed by atoms with E-state index in [2.05, 4.69) is 4.72 Å². The molecule has 1 aromatic carbocycles. The van der Waals surface area contributed by atoms with E-state index in [0.717, 1.165) is 12.8 Å². The van der Waals surface area contributed by atoms with Gasteiger partial charge in [0.2, 0.25) is 10.0 Å². The standard InChI is InChI=1S/C14H18N2O3S/c1-11-4-5-12(9-15)8-13(11)20(18,19)16-10-14(17)6-2-3-7-14/h4-5,8,16-17H,2-3,6-7,10H2,1H3. The van der Waals surface area contributed by atoms with E-state index in [-0.39, 0.29) is 11.4 Å². The van der Waals surface area contributed by atoms with Crippen LogP contribution in [0, 0.1) is 18.3 Å². The molecule has 2 rings (SSSR count). The van der Waals surface area contributed by atoms with Gasteiger partial charge < -0.3 is 5.11 Å². The van der Waals surface area contributed by atoms with E-state index in [1.54, 1.807) is 19.1 Å². The largest absolute Gasteiger partial charge is 0.389 e. The lowest BCUT2D eigenvalue weighted by molar-refractivity contribution is 0.0531. The van der Waals surface area contributed by atoms with Crippen LogP contribution in [-0.4, -0.2) is 25.7 Å². The summed E-state index contributed by atoms with van der Waals surface area (Å²) in [5.74, 6) is 0. The Morgan fingerprint density at radius 2 is 2.05 bits per heavy atom. The molecule has 20 heavy (non-hydrogen) atoms. The van der Waals surface area contributed by atoms with Crippen molar-refractivity contribution in [1.29, 1.82) is 5.26 Å². The van der Waals surface area contributed by atoms with Crippen molar-refractivity contribution in [2.45, 2.75) is 43.1 Å². The van der Waals surface area contributed by atoms with Gasteiger partial charge in [0.05, 0.1) is 22.1 Å². The van der Waals surface area contributed by atoms with E-state index in [0.29, 0.717) is 24.0 Å². The Morgan fingerprint density at radius 3 is 2.65 bits per heavy atom. The minimum absolute atomic E-state index is 0.0194. The van der Waals surface area contributed by atoms with Gasteiger partial charge in [0.1, 0.15) is 0 Å². The first kappa shape index (κ1) is 15.0. The highest BCUT2D eigenvalue weighted by atomic mass is 32.2. The first-order valence-corrected chi connectivity index (χ1v) is 8.07. The van der Waals surface area contributed by atoms with Crippen molar-refractivity contribution in [2.75, 3.05) is 6.54 Å². The fraction of sp³-hybridized carbons (Fsp3) is 0.500. The fourth-order valence-electron chi connectivity index (χ4n) is 2.48. The molecule has 0 amide bonds. The molecule has 1 aromatic rings. The van der Waals surface area contributed by atoms with Crippen LogP contribution in [0.2, 0.25) is 0 Å². The monoisotopic (exact) mass is 294 g/mol. The molecule has 1 saturated carbocycles. The lowest BCUT2D eigenvalue weighted by Crippen LogP contribution is -2.40. The van der Waals surface area contributed by atoms with E-state index in [4.69, 9.17) is 5.26 Å². The maximum absolute atomic E-state index is 12.3. The molecular weight excluding hydrogens is 276 g/mol. The zero-order chi connectivity index (χ0) is 14.8. The Balaban J connectivity index is 2.20. The Labute approximate surface area is 119 Å². The van der Waals surface area contributed by atoms with Crippen molar-refractivity contribution >= 4 is 10.0 Å². The molecule has 0 atom stereocenters. The summed E-state index contributed by atoms with van der Waals surface area (Å²) in [7, 11) is -3.71. The van der Waals surface area contributed by atoms with Crippen LogP contribution in [0.3, 0.4) is 0 Å². The second-order valence-corrected chi connectivity index (χ2v) is 7.08. The number of hydrogen-bond acceptors (Lipinski definition) is 4. The summed E-state index contributed by atoms with van der Waals surface area (Å²) in [5.41, 5.74) is -0.0566. The zero-order valence-electron chi connectivity index (χ0n) is 11.4. The Bertz CT molecular complexity index is 641. The van der Waals surface area contributed by atoms with E-state index in [9.17, 15) is 13.5 Å². The molecule has 1 fully saturated rings. The normalized spacial score (nSPS) is 17.9. The van der Waals surface area contributed by atoms with Crippen LogP contribution < -0.4 is 4.72 Å². The van der Waals surface area contributed by atoms with E-state index >= 15 is 0 Å². The maximum atomic E-state index is 12.3. The molecule has 0 heterocycles. The Hall–Kier alpha value is -1.42. The van der Waals surface area contributed by atoms with Crippen LogP contribution in [-0.2, 0) is 10.0 Å². The highest BCUT2D eigenvalue weighted by molar-refractivity contribution is 7.89. The van der Waals surface area contributed by atoms with Gasteiger partial charge in [-0.3, -0.25) is 0 Å². The SMILES string of the molecule is Cc1ccc(C#N)cc1S(=O)(=O)NCC1(O)CCCC1. The van der Waals surface area contributed by atoms with Crippen molar-refractivity contribution in [2.24, 2.45) is 0 Å². The number of rotatable bonds is 4. The molecule has 0 saturated heterocycles. The molecule has 5 nitrogen and oxygen atoms in total. The van der Waals surface area contributed by atoms with Gasteiger partial charge in [0.25, 0.3) is 0 Å². The number of nitriles is 1. The number of aliphatic hydroxyl groups is 1. The predicted molar refractivity (Wildman–Crippen MR) is 74.5 cm³/mol. The molecule has 0 aliphatic heterocycles. The van der Waals surface area contributed by atoms with Crippen LogP contribution in [0.5, 0.6) is 0 Å². The highest BCUT2D eigenvalue weighted by Gasteiger charge is 2.32. The molecular formula is C14H18N2O3S. The maximum Gasteiger partial charge on any atom is 0.240 e. The van der Waals surface area contributed by atoms with Gasteiger partial charge in [-0.2, -0.15) is 5.26 Å². The lowest BCUT2D eigenvalue weighted by atomic mass is 10.0. The number of benzene rings is 1. The van der Waals surface area contributed by atoms with Crippen LogP contribution in [0.4, 0.5) is 0 Å². The summed E-state index contributed by atoms with van der Waals surface area (Å²) in [6.07, 6.45) is 3.07. The number of nitrogens with zero attached hydrogens (tertiary/aromatic N) is 1. The van der Waals surface area contributed by atoms with Crippen molar-refractivity contribution in [3.8, 4) is 6.07 Å².